The molecule has 0 aliphatic rings. The first-order valence-corrected chi connectivity index (χ1v) is 7.20. The predicted octanol–water partition coefficient (Wildman–Crippen LogP) is 2.09. The van der Waals surface area contributed by atoms with E-state index in [-0.39, 0.29) is 23.3 Å². The Hall–Kier alpha value is -0.330. The molecule has 0 bridgehead atoms. The van der Waals surface area contributed by atoms with E-state index in [0.29, 0.717) is 23.6 Å². The van der Waals surface area contributed by atoms with Gasteiger partial charge in [-0.05, 0) is 38.0 Å². The standard InChI is InChI=1S/C11H17ClN2O2S.ClH/c1-8-3-4-10(12)7-11(8)17(15,16)14-6-5-9(2)13;/h3-4,7,9,14H,5-6,13H2,1-2H3;1H. The van der Waals surface area contributed by atoms with Crippen LogP contribution in [0.5, 0.6) is 0 Å². The second kappa shape index (κ2) is 7.31. The predicted molar refractivity (Wildman–Crippen MR) is 76.9 cm³/mol. The molecule has 0 spiro atoms. The summed E-state index contributed by atoms with van der Waals surface area (Å²) in [7, 11) is -3.50. The summed E-state index contributed by atoms with van der Waals surface area (Å²) in [4.78, 5) is 0.217. The molecule has 0 aliphatic heterocycles. The van der Waals surface area contributed by atoms with E-state index in [1.54, 1.807) is 19.1 Å². The first kappa shape index (κ1) is 17.7. The van der Waals surface area contributed by atoms with Crippen LogP contribution in [0.2, 0.25) is 5.02 Å². The lowest BCUT2D eigenvalue weighted by Gasteiger charge is -2.10. The smallest absolute Gasteiger partial charge is 0.240 e. The molecule has 0 heterocycles. The van der Waals surface area contributed by atoms with Gasteiger partial charge in [-0.25, -0.2) is 13.1 Å². The molecule has 0 aliphatic carbocycles. The zero-order valence-corrected chi connectivity index (χ0v) is 12.7. The number of rotatable bonds is 5. The van der Waals surface area contributed by atoms with Crippen LogP contribution in [-0.2, 0) is 10.0 Å². The molecule has 0 radical (unpaired) electrons. The summed E-state index contributed by atoms with van der Waals surface area (Å²) in [5.74, 6) is 0. The summed E-state index contributed by atoms with van der Waals surface area (Å²) in [5, 5.41) is 0.406. The molecule has 104 valence electrons. The third kappa shape index (κ3) is 5.12. The number of nitrogens with two attached hydrogens (primary N) is 1. The van der Waals surface area contributed by atoms with Crippen molar-refractivity contribution in [2.75, 3.05) is 6.54 Å². The van der Waals surface area contributed by atoms with Gasteiger partial charge in [0.25, 0.3) is 0 Å². The second-order valence-electron chi connectivity index (χ2n) is 4.07. The van der Waals surface area contributed by atoms with Gasteiger partial charge in [0.2, 0.25) is 10.0 Å². The largest absolute Gasteiger partial charge is 0.328 e. The molecule has 0 aromatic heterocycles. The number of sulfonamides is 1. The van der Waals surface area contributed by atoms with E-state index in [1.165, 1.54) is 6.07 Å². The summed E-state index contributed by atoms with van der Waals surface area (Å²) in [6.45, 7) is 3.89. The van der Waals surface area contributed by atoms with Gasteiger partial charge in [-0.3, -0.25) is 0 Å². The minimum Gasteiger partial charge on any atom is -0.328 e. The Morgan fingerprint density at radius 3 is 2.61 bits per heavy atom. The van der Waals surface area contributed by atoms with Crippen LogP contribution < -0.4 is 10.5 Å². The third-order valence-corrected chi connectivity index (χ3v) is 4.17. The summed E-state index contributed by atoms with van der Waals surface area (Å²) in [6.07, 6.45) is 0.596. The Kier molecular flexibility index (Phi) is 7.17. The Morgan fingerprint density at radius 1 is 1.44 bits per heavy atom. The molecule has 0 amide bonds. The van der Waals surface area contributed by atoms with Crippen molar-refractivity contribution in [1.82, 2.24) is 4.72 Å². The molecule has 0 fully saturated rings. The zero-order valence-electron chi connectivity index (χ0n) is 10.3. The van der Waals surface area contributed by atoms with E-state index < -0.39 is 10.0 Å². The second-order valence-corrected chi connectivity index (χ2v) is 6.25. The molecule has 1 aromatic carbocycles. The number of halogens is 2. The highest BCUT2D eigenvalue weighted by atomic mass is 35.5. The Morgan fingerprint density at radius 2 is 2.06 bits per heavy atom. The number of nitrogens with one attached hydrogen (secondary N) is 1. The minimum absolute atomic E-state index is 0. The van der Waals surface area contributed by atoms with Gasteiger partial charge in [-0.1, -0.05) is 17.7 Å². The van der Waals surface area contributed by atoms with Gasteiger partial charge < -0.3 is 5.73 Å². The highest BCUT2D eigenvalue weighted by Gasteiger charge is 2.16. The highest BCUT2D eigenvalue weighted by Crippen LogP contribution is 2.19. The van der Waals surface area contributed by atoms with Crippen LogP contribution in [0.3, 0.4) is 0 Å². The highest BCUT2D eigenvalue weighted by molar-refractivity contribution is 7.89. The Labute approximate surface area is 119 Å². The lowest BCUT2D eigenvalue weighted by atomic mass is 10.2. The first-order valence-electron chi connectivity index (χ1n) is 5.34. The fourth-order valence-electron chi connectivity index (χ4n) is 1.36. The summed E-state index contributed by atoms with van der Waals surface area (Å²) >= 11 is 5.80. The molecule has 1 atom stereocenters. The maximum Gasteiger partial charge on any atom is 0.240 e. The number of aryl methyl sites for hydroxylation is 1. The van der Waals surface area contributed by atoms with Crippen molar-refractivity contribution < 1.29 is 8.42 Å². The average molecular weight is 313 g/mol. The van der Waals surface area contributed by atoms with E-state index in [2.05, 4.69) is 4.72 Å². The van der Waals surface area contributed by atoms with Gasteiger partial charge in [0.1, 0.15) is 0 Å². The van der Waals surface area contributed by atoms with Crippen LogP contribution in [0.25, 0.3) is 0 Å². The SMILES string of the molecule is Cc1ccc(Cl)cc1S(=O)(=O)NCCC(C)N.Cl. The lowest BCUT2D eigenvalue weighted by molar-refractivity contribution is 0.571. The fourth-order valence-corrected chi connectivity index (χ4v) is 2.92. The topological polar surface area (TPSA) is 72.2 Å². The van der Waals surface area contributed by atoms with Gasteiger partial charge in [0, 0.05) is 17.6 Å². The van der Waals surface area contributed by atoms with Crippen LogP contribution in [0.4, 0.5) is 0 Å². The summed E-state index contributed by atoms with van der Waals surface area (Å²) in [5.41, 5.74) is 6.23. The zero-order chi connectivity index (χ0) is 13.1. The van der Waals surface area contributed by atoms with Crippen LogP contribution in [0.15, 0.2) is 23.1 Å². The van der Waals surface area contributed by atoms with Crippen molar-refractivity contribution in [3.8, 4) is 0 Å². The molecule has 0 saturated carbocycles. The van der Waals surface area contributed by atoms with Crippen molar-refractivity contribution in [3.63, 3.8) is 0 Å². The third-order valence-electron chi connectivity index (χ3n) is 2.33. The van der Waals surface area contributed by atoms with Gasteiger partial charge in [0.05, 0.1) is 4.90 Å². The Bertz CT molecular complexity index is 490. The van der Waals surface area contributed by atoms with Crippen LogP contribution >= 0.6 is 24.0 Å². The van der Waals surface area contributed by atoms with E-state index in [4.69, 9.17) is 17.3 Å². The normalized spacial score (nSPS) is 12.9. The van der Waals surface area contributed by atoms with E-state index >= 15 is 0 Å². The van der Waals surface area contributed by atoms with Crippen molar-refractivity contribution in [2.24, 2.45) is 5.73 Å². The first-order chi connectivity index (χ1) is 7.83. The van der Waals surface area contributed by atoms with Gasteiger partial charge >= 0.3 is 0 Å². The van der Waals surface area contributed by atoms with E-state index in [9.17, 15) is 8.42 Å². The minimum atomic E-state index is -3.50. The molecule has 1 rings (SSSR count). The van der Waals surface area contributed by atoms with Gasteiger partial charge in [-0.15, -0.1) is 12.4 Å². The van der Waals surface area contributed by atoms with Gasteiger partial charge in [-0.2, -0.15) is 0 Å². The van der Waals surface area contributed by atoms with Crippen molar-refractivity contribution in [3.05, 3.63) is 28.8 Å². The maximum absolute atomic E-state index is 12.0. The number of benzene rings is 1. The molecule has 0 saturated heterocycles. The molecule has 1 unspecified atom stereocenters. The van der Waals surface area contributed by atoms with Crippen molar-refractivity contribution in [2.45, 2.75) is 31.2 Å². The monoisotopic (exact) mass is 312 g/mol. The molecule has 18 heavy (non-hydrogen) atoms. The number of hydrogen-bond acceptors (Lipinski definition) is 3. The fraction of sp³-hybridized carbons (Fsp3) is 0.455. The van der Waals surface area contributed by atoms with Crippen molar-refractivity contribution >= 4 is 34.0 Å². The molecule has 3 N–H and O–H groups in total. The summed E-state index contributed by atoms with van der Waals surface area (Å²) < 4.78 is 26.5. The maximum atomic E-state index is 12.0. The molecule has 7 heteroatoms. The Balaban J connectivity index is 0.00000289. The molecular weight excluding hydrogens is 295 g/mol. The van der Waals surface area contributed by atoms with E-state index in [0.717, 1.165) is 0 Å². The van der Waals surface area contributed by atoms with Gasteiger partial charge in [0.15, 0.2) is 0 Å². The average Bonchev–Trinajstić information content (AvgIpc) is 2.20. The van der Waals surface area contributed by atoms with E-state index in [1.807, 2.05) is 6.92 Å². The van der Waals surface area contributed by atoms with Crippen LogP contribution in [-0.4, -0.2) is 21.0 Å². The van der Waals surface area contributed by atoms with Crippen molar-refractivity contribution in [1.29, 1.82) is 0 Å². The lowest BCUT2D eigenvalue weighted by Crippen LogP contribution is -2.29. The molecule has 1 aromatic rings. The van der Waals surface area contributed by atoms with Crippen LogP contribution in [0.1, 0.15) is 18.9 Å². The summed E-state index contributed by atoms with van der Waals surface area (Å²) in [6, 6.07) is 4.77. The molecular formula is C11H18Cl2N2O2S. The van der Waals surface area contributed by atoms with Crippen LogP contribution in [0, 0.1) is 6.92 Å². The number of hydrogen-bond donors (Lipinski definition) is 2. The quantitative estimate of drug-likeness (QED) is 0.874. The molecule has 4 nitrogen and oxygen atoms in total.